The first-order chi connectivity index (χ1) is 22.0. The maximum Gasteiger partial charge on any atom is 0.328 e. The van der Waals surface area contributed by atoms with Crippen LogP contribution in [0.4, 0.5) is 0 Å². The summed E-state index contributed by atoms with van der Waals surface area (Å²) < 4.78 is 33.1. The molecule has 0 aliphatic carbocycles. The van der Waals surface area contributed by atoms with Crippen LogP contribution in [0, 0.1) is 0 Å². The molecule has 2 heterocycles. The lowest BCUT2D eigenvalue weighted by Crippen LogP contribution is -2.14. The molecular weight excluding hydrogens is 582 g/mol. The molecule has 0 aliphatic rings. The molecule has 0 atom stereocenters. The molecule has 0 unspecified atom stereocenters. The highest BCUT2D eigenvalue weighted by atomic mass is 16.5. The molecule has 228 valence electrons. The maximum absolute atomic E-state index is 14.6. The number of methoxy groups -OCH3 is 4. The van der Waals surface area contributed by atoms with Gasteiger partial charge >= 0.3 is 12.0 Å². The van der Waals surface area contributed by atoms with E-state index in [4.69, 9.17) is 28.4 Å². The van der Waals surface area contributed by atoms with E-state index in [0.717, 1.165) is 0 Å². The van der Waals surface area contributed by atoms with E-state index in [-0.39, 0.29) is 63.9 Å². The molecule has 5 rings (SSSR count). The van der Waals surface area contributed by atoms with Crippen molar-refractivity contribution in [3.8, 4) is 47.0 Å². The van der Waals surface area contributed by atoms with Gasteiger partial charge < -0.3 is 33.6 Å². The zero-order valence-electron chi connectivity index (χ0n) is 24.6. The van der Waals surface area contributed by atoms with Gasteiger partial charge in [-0.15, -0.1) is 0 Å². The van der Waals surface area contributed by atoms with Gasteiger partial charge in [-0.2, -0.15) is 19.9 Å². The Bertz CT molecular complexity index is 1730. The number of nitrogens with zero attached hydrogens (tertiary/aromatic N) is 5. The number of rotatable bonds is 12. The fraction of sp³-hybridized carbons (Fsp3) is 0.125. The highest BCUT2D eigenvalue weighted by Gasteiger charge is 2.27. The van der Waals surface area contributed by atoms with Crippen molar-refractivity contribution >= 4 is 11.5 Å². The summed E-state index contributed by atoms with van der Waals surface area (Å²) in [6.45, 7) is 0. The number of hydrogen-bond donors (Lipinski definition) is 1. The van der Waals surface area contributed by atoms with Crippen LogP contribution in [0.1, 0.15) is 27.0 Å². The van der Waals surface area contributed by atoms with Crippen LogP contribution in [-0.4, -0.2) is 65.1 Å². The van der Waals surface area contributed by atoms with Crippen molar-refractivity contribution in [2.24, 2.45) is 5.16 Å². The maximum atomic E-state index is 14.6. The Labute approximate surface area is 257 Å². The minimum atomic E-state index is -0.544. The van der Waals surface area contributed by atoms with Crippen LogP contribution in [-0.2, 0) is 0 Å². The SMILES string of the molecule is COc1cc(OC)nc(Oc2cccc(Oc3nc(OC)cc(OC)n3)c2C(=O)c2ccccc2C(=NO)c2ccccc2)n1. The third kappa shape index (κ3) is 6.72. The molecule has 0 aliphatic heterocycles. The van der Waals surface area contributed by atoms with Gasteiger partial charge in [0.2, 0.25) is 29.3 Å². The Morgan fingerprint density at radius 1 is 0.600 bits per heavy atom. The van der Waals surface area contributed by atoms with Crippen LogP contribution >= 0.6 is 0 Å². The third-order valence-corrected chi connectivity index (χ3v) is 6.35. The molecule has 0 spiro atoms. The van der Waals surface area contributed by atoms with Crippen molar-refractivity contribution in [1.29, 1.82) is 0 Å². The predicted octanol–water partition coefficient (Wildman–Crippen LogP) is 5.34. The van der Waals surface area contributed by atoms with E-state index in [1.165, 1.54) is 40.6 Å². The van der Waals surface area contributed by atoms with Crippen LogP contribution < -0.4 is 28.4 Å². The van der Waals surface area contributed by atoms with Crippen molar-refractivity contribution < 1.29 is 38.4 Å². The Morgan fingerprint density at radius 3 is 1.49 bits per heavy atom. The van der Waals surface area contributed by atoms with E-state index in [2.05, 4.69) is 25.1 Å². The van der Waals surface area contributed by atoms with Crippen molar-refractivity contribution in [3.05, 3.63) is 107 Å². The molecular formula is C32H27N5O8. The molecule has 0 saturated heterocycles. The van der Waals surface area contributed by atoms with Crippen molar-refractivity contribution in [2.75, 3.05) is 28.4 Å². The summed E-state index contributed by atoms with van der Waals surface area (Å²) in [5, 5.41) is 13.6. The van der Waals surface area contributed by atoms with Gasteiger partial charge in [0, 0.05) is 16.7 Å². The lowest BCUT2D eigenvalue weighted by molar-refractivity contribution is 0.103. The average Bonchev–Trinajstić information content (AvgIpc) is 3.08. The van der Waals surface area contributed by atoms with Gasteiger partial charge in [0.15, 0.2) is 0 Å². The standard InChI is InChI=1S/C32H27N5O8/c1-40-24-17-25(41-2)34-31(33-24)44-22-15-10-16-23(45-32-35-26(42-3)18-27(36-32)43-4)28(22)30(38)21-14-9-8-13-20(21)29(37-39)19-11-6-5-7-12-19/h5-18,39H,1-4H3. The highest BCUT2D eigenvalue weighted by molar-refractivity contribution is 6.22. The zero-order chi connectivity index (χ0) is 31.8. The number of benzene rings is 3. The van der Waals surface area contributed by atoms with Gasteiger partial charge in [-0.3, -0.25) is 4.79 Å². The second-order valence-electron chi connectivity index (χ2n) is 8.99. The summed E-state index contributed by atoms with van der Waals surface area (Å²) >= 11 is 0. The number of carbonyl (C=O) groups excluding carboxylic acids is 1. The summed E-state index contributed by atoms with van der Waals surface area (Å²) in [5.41, 5.74) is 1.28. The minimum absolute atomic E-state index is 0.0275. The van der Waals surface area contributed by atoms with Crippen LogP contribution in [0.2, 0.25) is 0 Å². The fourth-order valence-corrected chi connectivity index (χ4v) is 4.26. The Kier molecular flexibility index (Phi) is 9.28. The number of carbonyl (C=O) groups is 1. The van der Waals surface area contributed by atoms with E-state index in [1.807, 2.05) is 6.07 Å². The van der Waals surface area contributed by atoms with Crippen molar-refractivity contribution in [2.45, 2.75) is 0 Å². The topological polar surface area (TPSA) is 157 Å². The summed E-state index contributed by atoms with van der Waals surface area (Å²) in [4.78, 5) is 31.5. The molecule has 1 N–H and O–H groups in total. The molecule has 0 radical (unpaired) electrons. The number of hydrogen-bond acceptors (Lipinski definition) is 13. The zero-order valence-corrected chi connectivity index (χ0v) is 24.6. The number of ether oxygens (including phenoxy) is 6. The highest BCUT2D eigenvalue weighted by Crippen LogP contribution is 2.37. The van der Waals surface area contributed by atoms with Gasteiger partial charge in [-0.05, 0) is 12.1 Å². The molecule has 3 aromatic carbocycles. The van der Waals surface area contributed by atoms with Gasteiger partial charge in [0.1, 0.15) is 22.8 Å². The van der Waals surface area contributed by atoms with E-state index in [0.29, 0.717) is 11.1 Å². The Hall–Kier alpha value is -6.24. The van der Waals surface area contributed by atoms with Crippen LogP contribution in [0.15, 0.2) is 90.1 Å². The molecule has 0 bridgehead atoms. The quantitative estimate of drug-likeness (QED) is 0.0839. The first kappa shape index (κ1) is 30.2. The first-order valence-electron chi connectivity index (χ1n) is 13.3. The third-order valence-electron chi connectivity index (χ3n) is 6.35. The Morgan fingerprint density at radius 2 is 1.04 bits per heavy atom. The van der Waals surface area contributed by atoms with Gasteiger partial charge in [0.25, 0.3) is 0 Å². The molecule has 13 heteroatoms. The summed E-state index contributed by atoms with van der Waals surface area (Å²) in [5.74, 6) is 0.200. The monoisotopic (exact) mass is 609 g/mol. The molecule has 2 aromatic heterocycles. The minimum Gasteiger partial charge on any atom is -0.481 e. The predicted molar refractivity (Wildman–Crippen MR) is 161 cm³/mol. The number of ketones is 1. The molecule has 0 fully saturated rings. The summed E-state index contributed by atoms with van der Waals surface area (Å²) in [7, 11) is 5.73. The average molecular weight is 610 g/mol. The largest absolute Gasteiger partial charge is 0.481 e. The summed E-state index contributed by atoms with van der Waals surface area (Å²) in [6, 6.07) is 23.0. The number of aromatic nitrogens is 4. The molecule has 0 amide bonds. The second kappa shape index (κ2) is 13.8. The van der Waals surface area contributed by atoms with E-state index in [1.54, 1.807) is 66.7 Å². The molecule has 5 aromatic rings. The van der Waals surface area contributed by atoms with E-state index >= 15 is 0 Å². The lowest BCUT2D eigenvalue weighted by Gasteiger charge is -2.16. The molecule has 0 saturated carbocycles. The number of oxime groups is 1. The fourth-order valence-electron chi connectivity index (χ4n) is 4.26. The lowest BCUT2D eigenvalue weighted by atomic mass is 9.92. The van der Waals surface area contributed by atoms with Crippen LogP contribution in [0.3, 0.4) is 0 Å². The van der Waals surface area contributed by atoms with Gasteiger partial charge in [-0.25, -0.2) is 0 Å². The van der Waals surface area contributed by atoms with E-state index < -0.39 is 5.78 Å². The van der Waals surface area contributed by atoms with Gasteiger partial charge in [-0.1, -0.05) is 65.8 Å². The normalized spacial score (nSPS) is 11.0. The van der Waals surface area contributed by atoms with Crippen LogP contribution in [0.25, 0.3) is 0 Å². The Balaban J connectivity index is 1.67. The molecule has 45 heavy (non-hydrogen) atoms. The van der Waals surface area contributed by atoms with Crippen LogP contribution in [0.5, 0.6) is 47.0 Å². The first-order valence-corrected chi connectivity index (χ1v) is 13.3. The summed E-state index contributed by atoms with van der Waals surface area (Å²) in [6.07, 6.45) is 0. The van der Waals surface area contributed by atoms with Crippen molar-refractivity contribution in [1.82, 2.24) is 19.9 Å². The van der Waals surface area contributed by atoms with Gasteiger partial charge in [0.05, 0.1) is 40.6 Å². The smallest absolute Gasteiger partial charge is 0.328 e. The molecule has 13 nitrogen and oxygen atoms in total. The van der Waals surface area contributed by atoms with Crippen molar-refractivity contribution in [3.63, 3.8) is 0 Å². The second-order valence-corrected chi connectivity index (χ2v) is 8.99. The van der Waals surface area contributed by atoms with E-state index in [9.17, 15) is 10.0 Å².